The van der Waals surface area contributed by atoms with Gasteiger partial charge < -0.3 is 15.2 Å². The summed E-state index contributed by atoms with van der Waals surface area (Å²) < 4.78 is 18.3. The van der Waals surface area contributed by atoms with Crippen molar-refractivity contribution in [3.63, 3.8) is 0 Å². The molecule has 0 fully saturated rings. The van der Waals surface area contributed by atoms with E-state index in [-0.39, 0.29) is 24.3 Å². The molecule has 2 aromatic carbocycles. The fourth-order valence-electron chi connectivity index (χ4n) is 2.47. The third-order valence-corrected chi connectivity index (χ3v) is 3.77. The first kappa shape index (κ1) is 18.7. The van der Waals surface area contributed by atoms with Crippen LogP contribution in [-0.4, -0.2) is 24.7 Å². The van der Waals surface area contributed by atoms with E-state index in [1.165, 1.54) is 25.3 Å². The number of ether oxygens (including phenoxy) is 1. The Morgan fingerprint density at radius 2 is 2.04 bits per heavy atom. The lowest BCUT2D eigenvalue weighted by atomic mass is 10.0. The third kappa shape index (κ3) is 5.72. The predicted octanol–water partition coefficient (Wildman–Crippen LogP) is 3.48. The van der Waals surface area contributed by atoms with Gasteiger partial charge in [0.15, 0.2) is 11.6 Å². The van der Waals surface area contributed by atoms with Crippen molar-refractivity contribution in [2.24, 2.45) is 0 Å². The monoisotopic (exact) mass is 343 g/mol. The summed E-state index contributed by atoms with van der Waals surface area (Å²) in [7, 11) is 1.39. The summed E-state index contributed by atoms with van der Waals surface area (Å²) in [5.74, 6) is -0.569. The Morgan fingerprint density at radius 1 is 1.28 bits per heavy atom. The van der Waals surface area contributed by atoms with Gasteiger partial charge in [0.25, 0.3) is 0 Å². The zero-order valence-corrected chi connectivity index (χ0v) is 14.1. The van der Waals surface area contributed by atoms with Gasteiger partial charge in [-0.3, -0.25) is 4.79 Å². The van der Waals surface area contributed by atoms with Gasteiger partial charge in [-0.2, -0.15) is 0 Å². The van der Waals surface area contributed by atoms with Crippen LogP contribution >= 0.6 is 0 Å². The van der Waals surface area contributed by atoms with E-state index in [0.29, 0.717) is 18.4 Å². The molecule has 2 aromatic rings. The molecule has 0 aliphatic heterocycles. The standard InChI is InChI=1S/C20H22FNO3/c1-25-19-14-15(9-11-17(19)21)10-12-20(24)22-18(8-5-13-23)16-6-3-2-4-7-16/h2-4,6-7,9-12,14,18,23H,5,8,13H2,1H3,(H,22,24)/b12-10+. The van der Waals surface area contributed by atoms with Crippen LogP contribution in [0, 0.1) is 5.82 Å². The molecular formula is C20H22FNO3. The maximum absolute atomic E-state index is 13.4. The first-order valence-electron chi connectivity index (χ1n) is 8.12. The lowest BCUT2D eigenvalue weighted by molar-refractivity contribution is -0.117. The number of hydrogen-bond donors (Lipinski definition) is 2. The van der Waals surface area contributed by atoms with Crippen LogP contribution in [0.3, 0.4) is 0 Å². The molecule has 0 bridgehead atoms. The molecule has 2 N–H and O–H groups in total. The van der Waals surface area contributed by atoms with Crippen LogP contribution in [0.15, 0.2) is 54.6 Å². The van der Waals surface area contributed by atoms with Crippen LogP contribution < -0.4 is 10.1 Å². The average Bonchev–Trinajstić information content (AvgIpc) is 2.65. The molecule has 0 saturated heterocycles. The van der Waals surface area contributed by atoms with Crippen molar-refractivity contribution in [1.82, 2.24) is 5.32 Å². The lowest BCUT2D eigenvalue weighted by Gasteiger charge is -2.18. The predicted molar refractivity (Wildman–Crippen MR) is 95.6 cm³/mol. The van der Waals surface area contributed by atoms with Crippen molar-refractivity contribution >= 4 is 12.0 Å². The van der Waals surface area contributed by atoms with Crippen LogP contribution in [-0.2, 0) is 4.79 Å². The minimum atomic E-state index is -0.447. The van der Waals surface area contributed by atoms with Gasteiger partial charge >= 0.3 is 0 Å². The summed E-state index contributed by atoms with van der Waals surface area (Å²) in [6.45, 7) is 0.0738. The second-order valence-electron chi connectivity index (χ2n) is 5.57. The number of carbonyl (C=O) groups excluding carboxylic acids is 1. The van der Waals surface area contributed by atoms with Gasteiger partial charge in [-0.15, -0.1) is 0 Å². The number of aliphatic hydroxyl groups excluding tert-OH is 1. The molecule has 132 valence electrons. The Bertz CT molecular complexity index is 716. The summed E-state index contributed by atoms with van der Waals surface area (Å²) in [5.41, 5.74) is 1.65. The van der Waals surface area contributed by atoms with Gasteiger partial charge in [-0.1, -0.05) is 36.4 Å². The molecule has 0 heterocycles. The maximum atomic E-state index is 13.4. The van der Waals surface area contributed by atoms with Gasteiger partial charge in [0.2, 0.25) is 5.91 Å². The molecule has 0 spiro atoms. The number of halogens is 1. The number of carbonyl (C=O) groups is 1. The highest BCUT2D eigenvalue weighted by atomic mass is 19.1. The first-order valence-corrected chi connectivity index (χ1v) is 8.12. The number of aliphatic hydroxyl groups is 1. The van der Waals surface area contributed by atoms with Crippen LogP contribution in [0.4, 0.5) is 4.39 Å². The molecule has 4 nitrogen and oxygen atoms in total. The lowest BCUT2D eigenvalue weighted by Crippen LogP contribution is -2.27. The highest BCUT2D eigenvalue weighted by Gasteiger charge is 2.12. The molecule has 1 atom stereocenters. The fourth-order valence-corrected chi connectivity index (χ4v) is 2.47. The number of hydrogen-bond acceptors (Lipinski definition) is 3. The SMILES string of the molecule is COc1cc(/C=C/C(=O)NC(CCCO)c2ccccc2)ccc1F. The summed E-state index contributed by atoms with van der Waals surface area (Å²) in [6, 6.07) is 13.8. The molecule has 0 aliphatic rings. The normalized spacial score (nSPS) is 12.1. The number of nitrogens with one attached hydrogen (secondary N) is 1. The fraction of sp³-hybridized carbons (Fsp3) is 0.250. The molecule has 0 saturated carbocycles. The largest absolute Gasteiger partial charge is 0.494 e. The van der Waals surface area contributed by atoms with Crippen molar-refractivity contribution < 1.29 is 19.0 Å². The summed E-state index contributed by atoms with van der Waals surface area (Å²) >= 11 is 0. The zero-order chi connectivity index (χ0) is 18.1. The van der Waals surface area contributed by atoms with Crippen LogP contribution in [0.1, 0.15) is 30.0 Å². The van der Waals surface area contributed by atoms with E-state index in [9.17, 15) is 9.18 Å². The van der Waals surface area contributed by atoms with E-state index < -0.39 is 5.82 Å². The summed E-state index contributed by atoms with van der Waals surface area (Å²) in [4.78, 5) is 12.2. The quantitative estimate of drug-likeness (QED) is 0.722. The van der Waals surface area contributed by atoms with E-state index in [1.54, 1.807) is 12.1 Å². The van der Waals surface area contributed by atoms with Crippen molar-refractivity contribution in [3.8, 4) is 5.75 Å². The Hall–Kier alpha value is -2.66. The molecule has 1 amide bonds. The van der Waals surface area contributed by atoms with E-state index in [0.717, 1.165) is 5.56 Å². The second-order valence-corrected chi connectivity index (χ2v) is 5.57. The molecule has 25 heavy (non-hydrogen) atoms. The Balaban J connectivity index is 2.05. The van der Waals surface area contributed by atoms with Crippen LogP contribution in [0.2, 0.25) is 0 Å². The van der Waals surface area contributed by atoms with Crippen molar-refractivity contribution in [2.45, 2.75) is 18.9 Å². The zero-order valence-electron chi connectivity index (χ0n) is 14.1. The highest BCUT2D eigenvalue weighted by molar-refractivity contribution is 5.92. The highest BCUT2D eigenvalue weighted by Crippen LogP contribution is 2.20. The maximum Gasteiger partial charge on any atom is 0.244 e. The number of benzene rings is 2. The number of rotatable bonds is 8. The van der Waals surface area contributed by atoms with Gasteiger partial charge in [-0.05, 0) is 42.2 Å². The van der Waals surface area contributed by atoms with Gasteiger partial charge in [0.05, 0.1) is 13.2 Å². The van der Waals surface area contributed by atoms with Crippen molar-refractivity contribution in [2.75, 3.05) is 13.7 Å². The number of amides is 1. The molecule has 5 heteroatoms. The van der Waals surface area contributed by atoms with Crippen molar-refractivity contribution in [1.29, 1.82) is 0 Å². The first-order chi connectivity index (χ1) is 12.1. The minimum Gasteiger partial charge on any atom is -0.494 e. The Labute approximate surface area is 147 Å². The second kappa shape index (κ2) is 9.59. The van der Waals surface area contributed by atoms with Gasteiger partial charge in [-0.25, -0.2) is 4.39 Å². The smallest absolute Gasteiger partial charge is 0.244 e. The summed E-state index contributed by atoms with van der Waals surface area (Å²) in [6.07, 6.45) is 4.25. The molecule has 2 rings (SSSR count). The van der Waals surface area contributed by atoms with Gasteiger partial charge in [0, 0.05) is 12.7 Å². The van der Waals surface area contributed by atoms with E-state index >= 15 is 0 Å². The van der Waals surface area contributed by atoms with Gasteiger partial charge in [0.1, 0.15) is 0 Å². The molecular weight excluding hydrogens is 321 g/mol. The topological polar surface area (TPSA) is 58.6 Å². The van der Waals surface area contributed by atoms with E-state index in [4.69, 9.17) is 9.84 Å². The Kier molecular flexibility index (Phi) is 7.16. The average molecular weight is 343 g/mol. The molecule has 0 aromatic heterocycles. The van der Waals surface area contributed by atoms with Crippen LogP contribution in [0.5, 0.6) is 5.75 Å². The number of methoxy groups -OCH3 is 1. The molecule has 0 aliphatic carbocycles. The van der Waals surface area contributed by atoms with Crippen LogP contribution in [0.25, 0.3) is 6.08 Å². The van der Waals surface area contributed by atoms with Crippen molar-refractivity contribution in [3.05, 3.63) is 71.6 Å². The molecule has 0 radical (unpaired) electrons. The van der Waals surface area contributed by atoms with E-state index in [2.05, 4.69) is 5.32 Å². The summed E-state index contributed by atoms with van der Waals surface area (Å²) in [5, 5.41) is 12.0. The molecule has 1 unspecified atom stereocenters. The minimum absolute atomic E-state index is 0.0738. The third-order valence-electron chi connectivity index (χ3n) is 3.77. The van der Waals surface area contributed by atoms with E-state index in [1.807, 2.05) is 30.3 Å². The Morgan fingerprint density at radius 3 is 2.72 bits per heavy atom.